The summed E-state index contributed by atoms with van der Waals surface area (Å²) in [6.07, 6.45) is 0. The van der Waals surface area contributed by atoms with Gasteiger partial charge >= 0.3 is 231 Å². The number of hydrogen-bond donors (Lipinski definition) is 0. The average Bonchev–Trinajstić information content (AvgIpc) is 3.01. The van der Waals surface area contributed by atoms with Crippen LogP contribution >= 0.6 is 7.92 Å². The van der Waals surface area contributed by atoms with E-state index in [2.05, 4.69) is 176 Å². The van der Waals surface area contributed by atoms with Gasteiger partial charge in [-0.3, -0.25) is 0 Å². The monoisotopic (exact) mass is 566 g/mol. The summed E-state index contributed by atoms with van der Waals surface area (Å²) >= 11 is -3.42. The molecule has 0 fully saturated rings. The second-order valence-corrected chi connectivity index (χ2v) is 19.5. The van der Waals surface area contributed by atoms with E-state index in [1.165, 1.54) is 33.5 Å². The Morgan fingerprint density at radius 2 is 0.632 bits per heavy atom. The van der Waals surface area contributed by atoms with E-state index in [9.17, 15) is 0 Å². The summed E-state index contributed by atoms with van der Waals surface area (Å²) in [7, 11) is -0.755. The van der Waals surface area contributed by atoms with Crippen molar-refractivity contribution < 1.29 is 0 Å². The molecule has 6 aromatic carbocycles. The Kier molecular flexibility index (Phi) is 7.36. The first-order valence-electron chi connectivity index (χ1n) is 13.1. The molecule has 0 saturated heterocycles. The summed E-state index contributed by atoms with van der Waals surface area (Å²) in [5.41, 5.74) is 0. The summed E-state index contributed by atoms with van der Waals surface area (Å²) in [4.78, 5) is 0. The van der Waals surface area contributed by atoms with Crippen LogP contribution in [-0.4, -0.2) is 13.3 Å². The Balaban J connectivity index is 1.74. The molecular weight excluding hydrogens is 536 g/mol. The molecule has 0 atom stereocenters. The fourth-order valence-electron chi connectivity index (χ4n) is 5.60. The van der Waals surface area contributed by atoms with Crippen LogP contribution in [0.15, 0.2) is 176 Å². The normalized spacial score (nSPS) is 11.4. The van der Waals surface area contributed by atoms with Gasteiger partial charge in [0.2, 0.25) is 0 Å². The first-order valence-corrected chi connectivity index (χ1v) is 18.6. The quantitative estimate of drug-likeness (QED) is 0.193. The molecule has 0 unspecified atom stereocenters. The van der Waals surface area contributed by atoms with Crippen LogP contribution in [-0.2, 0) is 0 Å². The van der Waals surface area contributed by atoms with Crippen molar-refractivity contribution in [2.45, 2.75) is 0 Å². The maximum atomic E-state index is 2.43. The van der Waals surface area contributed by atoms with Crippen LogP contribution in [0.5, 0.6) is 0 Å². The molecule has 2 heteroatoms. The molecule has 0 nitrogen and oxygen atoms in total. The van der Waals surface area contributed by atoms with Crippen LogP contribution in [0.25, 0.3) is 0 Å². The van der Waals surface area contributed by atoms with E-state index in [1.807, 2.05) is 0 Å². The van der Waals surface area contributed by atoms with Gasteiger partial charge in [0.25, 0.3) is 0 Å². The van der Waals surface area contributed by atoms with Crippen molar-refractivity contribution in [3.8, 4) is 0 Å². The Hall–Kier alpha value is -3.71. The van der Waals surface area contributed by atoms with Gasteiger partial charge in [0.15, 0.2) is 0 Å². The summed E-state index contributed by atoms with van der Waals surface area (Å²) < 4.78 is 5.87. The number of benzene rings is 6. The molecule has 6 aromatic rings. The van der Waals surface area contributed by atoms with Crippen molar-refractivity contribution in [1.29, 1.82) is 0 Å². The minimum atomic E-state index is -3.42. The van der Waals surface area contributed by atoms with E-state index in [4.69, 9.17) is 0 Å². The third kappa shape index (κ3) is 4.56. The van der Waals surface area contributed by atoms with Crippen LogP contribution in [0, 0.1) is 0 Å². The molecule has 0 aliphatic rings. The summed E-state index contributed by atoms with van der Waals surface area (Å²) in [5, 5.41) is 4.22. The van der Waals surface area contributed by atoms with E-state index >= 15 is 0 Å². The second kappa shape index (κ2) is 11.4. The first kappa shape index (κ1) is 24.6. The van der Waals surface area contributed by atoms with Crippen LogP contribution in [0.2, 0.25) is 0 Å². The Bertz CT molecular complexity index is 1450. The van der Waals surface area contributed by atoms with Gasteiger partial charge in [0.05, 0.1) is 0 Å². The summed E-state index contributed by atoms with van der Waals surface area (Å²) in [6.45, 7) is 0. The molecule has 38 heavy (non-hydrogen) atoms. The fraction of sp³-hybridized carbons (Fsp3) is 0. The molecule has 0 amide bonds. The van der Waals surface area contributed by atoms with Gasteiger partial charge in [-0.1, -0.05) is 0 Å². The molecule has 0 heterocycles. The third-order valence-corrected chi connectivity index (χ3v) is 20.3. The topological polar surface area (TPSA) is 0 Å². The summed E-state index contributed by atoms with van der Waals surface area (Å²) in [5.74, 6) is 0. The van der Waals surface area contributed by atoms with Gasteiger partial charge in [-0.05, 0) is 0 Å². The maximum absolute atomic E-state index is 3.42. The van der Waals surface area contributed by atoms with Crippen molar-refractivity contribution in [3.05, 3.63) is 176 Å². The van der Waals surface area contributed by atoms with E-state index < -0.39 is 21.2 Å². The van der Waals surface area contributed by atoms with Crippen LogP contribution < -0.4 is 33.5 Å². The van der Waals surface area contributed by atoms with Gasteiger partial charge in [0, 0.05) is 0 Å². The van der Waals surface area contributed by atoms with Crippen LogP contribution in [0.1, 0.15) is 0 Å². The number of rotatable bonds is 7. The predicted molar refractivity (Wildman–Crippen MR) is 169 cm³/mol. The molecule has 0 aliphatic carbocycles. The van der Waals surface area contributed by atoms with Crippen LogP contribution in [0.3, 0.4) is 0 Å². The van der Waals surface area contributed by atoms with E-state index in [0.717, 1.165) is 0 Å². The number of hydrogen-bond acceptors (Lipinski definition) is 0. The zero-order valence-electron chi connectivity index (χ0n) is 21.2. The Labute approximate surface area is 229 Å². The molecular formula is C36H29GeP. The zero-order chi connectivity index (χ0) is 25.6. The first-order chi connectivity index (χ1) is 18.9. The van der Waals surface area contributed by atoms with E-state index in [-0.39, 0.29) is 0 Å². The molecule has 0 aromatic heterocycles. The average molecular weight is 565 g/mol. The zero-order valence-corrected chi connectivity index (χ0v) is 24.2. The van der Waals surface area contributed by atoms with Crippen molar-refractivity contribution in [1.82, 2.24) is 0 Å². The second-order valence-electron chi connectivity index (χ2n) is 9.37. The van der Waals surface area contributed by atoms with Gasteiger partial charge in [-0.2, -0.15) is 0 Å². The molecule has 0 N–H and O–H groups in total. The van der Waals surface area contributed by atoms with Gasteiger partial charge in [-0.25, -0.2) is 0 Å². The molecule has 0 spiro atoms. The standard InChI is InChI=1S/C36H29GeP/c1-6-18-30(19-7-1)37(31-20-8-2-9-21-31,32-22-10-3-11-23-32)35-28-16-17-29-36(35)38(33-24-12-4-13-25-33)34-26-14-5-15-27-34/h1-29H. The van der Waals surface area contributed by atoms with Gasteiger partial charge in [0.1, 0.15) is 0 Å². The SMILES string of the molecule is c1ccc(P(c2ccccc2)c2cccc[c]2[Ge]([c]2ccccc2)([c]2ccccc2)[c]2ccccc2)cc1. The van der Waals surface area contributed by atoms with Crippen molar-refractivity contribution in [3.63, 3.8) is 0 Å². The summed E-state index contributed by atoms with van der Waals surface area (Å²) in [6, 6.07) is 65.3. The van der Waals surface area contributed by atoms with Crippen molar-refractivity contribution >= 4 is 54.7 Å². The van der Waals surface area contributed by atoms with E-state index in [0.29, 0.717) is 0 Å². The molecule has 0 saturated carbocycles. The Morgan fingerprint density at radius 3 is 1.03 bits per heavy atom. The predicted octanol–water partition coefficient (Wildman–Crippen LogP) is 4.82. The molecule has 0 aliphatic heterocycles. The molecule has 6 rings (SSSR count). The van der Waals surface area contributed by atoms with E-state index in [1.54, 1.807) is 0 Å². The fourth-order valence-corrected chi connectivity index (χ4v) is 19.6. The van der Waals surface area contributed by atoms with Gasteiger partial charge < -0.3 is 0 Å². The molecule has 182 valence electrons. The molecule has 0 radical (unpaired) electrons. The third-order valence-electron chi connectivity index (χ3n) is 7.20. The van der Waals surface area contributed by atoms with Gasteiger partial charge in [-0.15, -0.1) is 0 Å². The van der Waals surface area contributed by atoms with Crippen LogP contribution in [0.4, 0.5) is 0 Å². The minimum absolute atomic E-state index is 0.755. The van der Waals surface area contributed by atoms with Crippen molar-refractivity contribution in [2.24, 2.45) is 0 Å². The Morgan fingerprint density at radius 1 is 0.316 bits per heavy atom. The van der Waals surface area contributed by atoms with Crippen molar-refractivity contribution in [2.75, 3.05) is 0 Å². The molecule has 0 bridgehead atoms.